The lowest BCUT2D eigenvalue weighted by molar-refractivity contribution is -0.286. The van der Waals surface area contributed by atoms with Crippen LogP contribution in [0.1, 0.15) is 36.5 Å². The molecule has 1 saturated heterocycles. The fraction of sp³-hybridized carbons (Fsp3) is 0.318. The number of carbonyl (C=O) groups is 1. The van der Waals surface area contributed by atoms with Gasteiger partial charge in [0.2, 0.25) is 0 Å². The number of hydrogen-bond donors (Lipinski definition) is 1. The van der Waals surface area contributed by atoms with Gasteiger partial charge in [0.15, 0.2) is 17.3 Å². The average molecular weight is 427 g/mol. The third kappa shape index (κ3) is 3.49. The summed E-state index contributed by atoms with van der Waals surface area (Å²) in [5.74, 6) is -0.560. The molecule has 1 aromatic heterocycles. The molecule has 0 radical (unpaired) electrons. The minimum Gasteiger partial charge on any atom is -0.478 e. The number of anilines is 1. The molecule has 2 aliphatic rings. The van der Waals surface area contributed by atoms with E-state index in [1.165, 1.54) is 24.3 Å². The van der Waals surface area contributed by atoms with Gasteiger partial charge in [-0.05, 0) is 62.6 Å². The molecule has 0 bridgehead atoms. The van der Waals surface area contributed by atoms with Crippen molar-refractivity contribution in [3.63, 3.8) is 0 Å². The van der Waals surface area contributed by atoms with Crippen molar-refractivity contribution in [3.05, 3.63) is 42.0 Å². The van der Waals surface area contributed by atoms with E-state index >= 15 is 0 Å². The molecule has 3 aromatic rings. The zero-order chi connectivity index (χ0) is 21.8. The van der Waals surface area contributed by atoms with Gasteiger partial charge in [-0.1, -0.05) is 0 Å². The van der Waals surface area contributed by atoms with Crippen LogP contribution in [-0.2, 0) is 0 Å². The largest absolute Gasteiger partial charge is 0.586 e. The van der Waals surface area contributed by atoms with Crippen molar-refractivity contribution in [2.75, 3.05) is 11.4 Å². The molecule has 2 aromatic carbocycles. The standard InChI is InChI=1S/C22H19F2N3O4/c1-12-4-2-3-9-27(12)20-19(13-6-8-17-18(11-13)31-22(23,24)30-17)25-15-7-5-14(21(28)29)10-16(15)26-20/h5-8,10-12H,2-4,9H2,1H3,(H,28,29)/t12-/m0/s1. The summed E-state index contributed by atoms with van der Waals surface area (Å²) < 4.78 is 36.1. The van der Waals surface area contributed by atoms with Crippen molar-refractivity contribution in [1.29, 1.82) is 0 Å². The van der Waals surface area contributed by atoms with E-state index in [0.29, 0.717) is 28.1 Å². The van der Waals surface area contributed by atoms with Crippen LogP contribution in [0.3, 0.4) is 0 Å². The van der Waals surface area contributed by atoms with Gasteiger partial charge >= 0.3 is 12.3 Å². The first-order chi connectivity index (χ1) is 14.8. The van der Waals surface area contributed by atoms with Gasteiger partial charge in [0.1, 0.15) is 5.69 Å². The van der Waals surface area contributed by atoms with E-state index in [9.17, 15) is 18.7 Å². The average Bonchev–Trinajstić information content (AvgIpc) is 3.05. The van der Waals surface area contributed by atoms with Crippen molar-refractivity contribution < 1.29 is 28.2 Å². The van der Waals surface area contributed by atoms with E-state index < -0.39 is 12.3 Å². The summed E-state index contributed by atoms with van der Waals surface area (Å²) in [4.78, 5) is 23.0. The molecule has 160 valence electrons. The number of benzene rings is 2. The SMILES string of the molecule is C[C@H]1CCCCN1c1nc2cc(C(=O)O)ccc2nc1-c1ccc2c(c1)OC(F)(F)O2. The number of carboxylic acid groups (broad SMARTS) is 1. The second-order valence-corrected chi connectivity index (χ2v) is 7.77. The molecule has 0 unspecified atom stereocenters. The van der Waals surface area contributed by atoms with Gasteiger partial charge in [0.05, 0.1) is 16.6 Å². The summed E-state index contributed by atoms with van der Waals surface area (Å²) in [6.45, 7) is 2.87. The lowest BCUT2D eigenvalue weighted by Gasteiger charge is -2.35. The van der Waals surface area contributed by atoms with Gasteiger partial charge in [-0.25, -0.2) is 14.8 Å². The molecule has 1 atom stereocenters. The van der Waals surface area contributed by atoms with Crippen molar-refractivity contribution in [3.8, 4) is 22.8 Å². The number of carboxylic acids is 1. The van der Waals surface area contributed by atoms with Gasteiger partial charge < -0.3 is 19.5 Å². The zero-order valence-corrected chi connectivity index (χ0v) is 16.6. The second-order valence-electron chi connectivity index (χ2n) is 7.77. The number of alkyl halides is 2. The summed E-state index contributed by atoms with van der Waals surface area (Å²) in [5, 5.41) is 9.32. The zero-order valence-electron chi connectivity index (χ0n) is 16.6. The first-order valence-electron chi connectivity index (χ1n) is 10.0. The van der Waals surface area contributed by atoms with Crippen LogP contribution >= 0.6 is 0 Å². The summed E-state index contributed by atoms with van der Waals surface area (Å²) in [7, 11) is 0. The number of aromatic nitrogens is 2. The third-order valence-electron chi connectivity index (χ3n) is 5.64. The maximum absolute atomic E-state index is 13.5. The number of rotatable bonds is 3. The number of aromatic carboxylic acids is 1. The second kappa shape index (κ2) is 7.04. The Labute approximate surface area is 176 Å². The molecule has 2 aliphatic heterocycles. The van der Waals surface area contributed by atoms with Gasteiger partial charge in [0.25, 0.3) is 0 Å². The van der Waals surface area contributed by atoms with Crippen molar-refractivity contribution >= 4 is 22.8 Å². The molecule has 0 spiro atoms. The lowest BCUT2D eigenvalue weighted by Crippen LogP contribution is -2.38. The van der Waals surface area contributed by atoms with Crippen molar-refractivity contribution in [1.82, 2.24) is 9.97 Å². The molecule has 3 heterocycles. The van der Waals surface area contributed by atoms with Gasteiger partial charge in [-0.2, -0.15) is 0 Å². The molecule has 9 heteroatoms. The van der Waals surface area contributed by atoms with E-state index in [1.54, 1.807) is 12.1 Å². The summed E-state index contributed by atoms with van der Waals surface area (Å²) in [6.07, 6.45) is -0.614. The first kappa shape index (κ1) is 19.5. The number of halogens is 2. The Morgan fingerprint density at radius 2 is 1.90 bits per heavy atom. The molecule has 5 rings (SSSR count). The summed E-state index contributed by atoms with van der Waals surface area (Å²) in [5.41, 5.74) is 2.17. The topological polar surface area (TPSA) is 84.8 Å². The smallest absolute Gasteiger partial charge is 0.478 e. The maximum Gasteiger partial charge on any atom is 0.586 e. The summed E-state index contributed by atoms with van der Waals surface area (Å²) >= 11 is 0. The van der Waals surface area contributed by atoms with E-state index in [4.69, 9.17) is 9.97 Å². The monoisotopic (exact) mass is 427 g/mol. The Hall–Kier alpha value is -3.49. The fourth-order valence-corrected chi connectivity index (χ4v) is 4.08. The fourth-order valence-electron chi connectivity index (χ4n) is 4.08. The molecule has 1 fully saturated rings. The quantitative estimate of drug-likeness (QED) is 0.649. The van der Waals surface area contributed by atoms with Crippen LogP contribution in [-0.4, -0.2) is 39.9 Å². The highest BCUT2D eigenvalue weighted by Crippen LogP contribution is 2.44. The molecule has 1 N–H and O–H groups in total. The van der Waals surface area contributed by atoms with Gasteiger partial charge in [-0.15, -0.1) is 8.78 Å². The molecule has 0 amide bonds. The van der Waals surface area contributed by atoms with E-state index in [-0.39, 0.29) is 23.1 Å². The summed E-state index contributed by atoms with van der Waals surface area (Å²) in [6, 6.07) is 9.30. The van der Waals surface area contributed by atoms with E-state index in [2.05, 4.69) is 21.3 Å². The van der Waals surface area contributed by atoms with Crippen molar-refractivity contribution in [2.45, 2.75) is 38.5 Å². The van der Waals surface area contributed by atoms with E-state index in [1.807, 2.05) is 0 Å². The number of piperidine rings is 1. The Bertz CT molecular complexity index is 1200. The first-order valence-corrected chi connectivity index (χ1v) is 10.0. The predicted octanol–water partition coefficient (Wildman–Crippen LogP) is 4.70. The van der Waals surface area contributed by atoms with Crippen LogP contribution in [0.15, 0.2) is 36.4 Å². The van der Waals surface area contributed by atoms with E-state index in [0.717, 1.165) is 25.8 Å². The van der Waals surface area contributed by atoms with Crippen LogP contribution < -0.4 is 14.4 Å². The molecular formula is C22H19F2N3O4. The highest BCUT2D eigenvalue weighted by Gasteiger charge is 2.43. The Morgan fingerprint density at radius 1 is 1.10 bits per heavy atom. The number of nitrogens with zero attached hydrogens (tertiary/aromatic N) is 3. The number of fused-ring (bicyclic) bond motifs is 2. The van der Waals surface area contributed by atoms with Crippen LogP contribution in [0.2, 0.25) is 0 Å². The highest BCUT2D eigenvalue weighted by molar-refractivity contribution is 5.93. The molecule has 0 saturated carbocycles. The number of hydrogen-bond acceptors (Lipinski definition) is 6. The Morgan fingerprint density at radius 3 is 2.68 bits per heavy atom. The minimum atomic E-state index is -3.70. The molecule has 31 heavy (non-hydrogen) atoms. The van der Waals surface area contributed by atoms with Gasteiger partial charge in [0, 0.05) is 18.2 Å². The maximum atomic E-state index is 13.5. The van der Waals surface area contributed by atoms with Crippen LogP contribution in [0, 0.1) is 0 Å². The normalized spacial score (nSPS) is 19.6. The predicted molar refractivity (Wildman–Crippen MR) is 109 cm³/mol. The Balaban J connectivity index is 1.68. The Kier molecular flexibility index (Phi) is 4.42. The molecule has 7 nitrogen and oxygen atoms in total. The number of ether oxygens (including phenoxy) is 2. The van der Waals surface area contributed by atoms with Crippen molar-refractivity contribution in [2.24, 2.45) is 0 Å². The van der Waals surface area contributed by atoms with Crippen LogP contribution in [0.4, 0.5) is 14.6 Å². The van der Waals surface area contributed by atoms with Crippen LogP contribution in [0.25, 0.3) is 22.3 Å². The molecular weight excluding hydrogens is 408 g/mol. The van der Waals surface area contributed by atoms with Crippen LogP contribution in [0.5, 0.6) is 11.5 Å². The molecule has 0 aliphatic carbocycles. The lowest BCUT2D eigenvalue weighted by atomic mass is 10.0. The highest BCUT2D eigenvalue weighted by atomic mass is 19.3. The third-order valence-corrected chi connectivity index (χ3v) is 5.64. The minimum absolute atomic E-state index is 0.0403. The van der Waals surface area contributed by atoms with Gasteiger partial charge in [-0.3, -0.25) is 0 Å².